The quantitative estimate of drug-likeness (QED) is 0.298. The molecule has 2 rings (SSSR count). The van der Waals surface area contributed by atoms with Gasteiger partial charge in [-0.05, 0) is 42.3 Å². The smallest absolute Gasteiger partial charge is 0.170 e. The highest BCUT2D eigenvalue weighted by atomic mass is 32.2. The van der Waals surface area contributed by atoms with Gasteiger partial charge < -0.3 is 10.9 Å². The van der Waals surface area contributed by atoms with E-state index >= 15 is 0 Å². The Balaban J connectivity index is 2.11. The third-order valence-corrected chi connectivity index (χ3v) is 3.98. The number of nitrogens with two attached hydrogens (primary N) is 1. The molecule has 5 heteroatoms. The average Bonchev–Trinajstić information content (AvgIpc) is 2.45. The first-order valence-corrected chi connectivity index (χ1v) is 7.04. The Morgan fingerprint density at radius 1 is 1.30 bits per heavy atom. The number of hydrogen-bond acceptors (Lipinski definition) is 3. The Hall–Kier alpha value is -2.01. The Kier molecular flexibility index (Phi) is 4.63. The van der Waals surface area contributed by atoms with Gasteiger partial charge in [0.05, 0.1) is 0 Å². The number of rotatable bonds is 4. The molecule has 0 aliphatic heterocycles. The number of oxime groups is 1. The molecular formula is C15H15FN2OS. The zero-order valence-electron chi connectivity index (χ0n) is 11.0. The monoisotopic (exact) mass is 290 g/mol. The predicted molar refractivity (Wildman–Crippen MR) is 79.7 cm³/mol. The summed E-state index contributed by atoms with van der Waals surface area (Å²) in [6, 6.07) is 12.2. The summed E-state index contributed by atoms with van der Waals surface area (Å²) in [6.45, 7) is 1.97. The summed E-state index contributed by atoms with van der Waals surface area (Å²) in [5, 5.41) is 11.6. The van der Waals surface area contributed by atoms with Crippen LogP contribution in [0.5, 0.6) is 0 Å². The van der Waals surface area contributed by atoms with E-state index in [1.54, 1.807) is 17.8 Å². The third-order valence-electron chi connectivity index (χ3n) is 2.94. The fourth-order valence-electron chi connectivity index (χ4n) is 1.79. The maximum atomic E-state index is 13.1. The van der Waals surface area contributed by atoms with Crippen molar-refractivity contribution >= 4 is 17.6 Å². The van der Waals surface area contributed by atoms with E-state index in [9.17, 15) is 4.39 Å². The molecule has 0 saturated heterocycles. The van der Waals surface area contributed by atoms with Crippen molar-refractivity contribution in [1.29, 1.82) is 0 Å². The average molecular weight is 290 g/mol. The van der Waals surface area contributed by atoms with Gasteiger partial charge in [0.1, 0.15) is 5.82 Å². The van der Waals surface area contributed by atoms with E-state index in [4.69, 9.17) is 10.9 Å². The second-order valence-electron chi connectivity index (χ2n) is 4.37. The first-order valence-electron chi connectivity index (χ1n) is 6.06. The molecule has 20 heavy (non-hydrogen) atoms. The predicted octanol–water partition coefficient (Wildman–Crippen LogP) is 3.52. The minimum Gasteiger partial charge on any atom is -0.409 e. The van der Waals surface area contributed by atoms with Crippen LogP contribution in [0.2, 0.25) is 0 Å². The fraction of sp³-hybridized carbons (Fsp3) is 0.133. The largest absolute Gasteiger partial charge is 0.409 e. The van der Waals surface area contributed by atoms with Gasteiger partial charge in [-0.1, -0.05) is 23.4 Å². The van der Waals surface area contributed by atoms with Crippen LogP contribution in [-0.4, -0.2) is 11.0 Å². The van der Waals surface area contributed by atoms with E-state index < -0.39 is 0 Å². The highest BCUT2D eigenvalue weighted by molar-refractivity contribution is 7.98. The highest BCUT2D eigenvalue weighted by Crippen LogP contribution is 2.25. The molecule has 0 heterocycles. The minimum atomic E-state index is -0.228. The van der Waals surface area contributed by atoms with Crippen LogP contribution >= 0.6 is 11.8 Å². The van der Waals surface area contributed by atoms with Crippen LogP contribution in [0.1, 0.15) is 16.7 Å². The molecule has 0 bridgehead atoms. The van der Waals surface area contributed by atoms with Crippen molar-refractivity contribution in [3.63, 3.8) is 0 Å². The molecule has 104 valence electrons. The maximum Gasteiger partial charge on any atom is 0.170 e. The molecule has 0 spiro atoms. The van der Waals surface area contributed by atoms with E-state index in [1.165, 1.54) is 12.1 Å². The Morgan fingerprint density at radius 2 is 2.10 bits per heavy atom. The van der Waals surface area contributed by atoms with Crippen LogP contribution in [0, 0.1) is 12.7 Å². The molecule has 0 aromatic heterocycles. The Bertz CT molecular complexity index is 644. The molecule has 2 aromatic rings. The second-order valence-corrected chi connectivity index (χ2v) is 5.42. The van der Waals surface area contributed by atoms with E-state index in [2.05, 4.69) is 5.16 Å². The summed E-state index contributed by atoms with van der Waals surface area (Å²) in [4.78, 5) is 0.893. The number of thioether (sulfide) groups is 1. The van der Waals surface area contributed by atoms with Crippen LogP contribution in [0.3, 0.4) is 0 Å². The number of nitrogens with zero attached hydrogens (tertiary/aromatic N) is 1. The van der Waals surface area contributed by atoms with Crippen LogP contribution in [-0.2, 0) is 5.75 Å². The van der Waals surface area contributed by atoms with Crippen LogP contribution in [0.4, 0.5) is 4.39 Å². The SMILES string of the molecule is Cc1cc(/C(N)=N/O)ccc1CSc1cccc(F)c1. The first kappa shape index (κ1) is 14.4. The van der Waals surface area contributed by atoms with Gasteiger partial charge in [-0.15, -0.1) is 11.8 Å². The summed E-state index contributed by atoms with van der Waals surface area (Å²) in [7, 11) is 0. The topological polar surface area (TPSA) is 58.6 Å². The number of hydrogen-bond donors (Lipinski definition) is 2. The second kappa shape index (κ2) is 6.43. The van der Waals surface area contributed by atoms with Gasteiger partial charge in [-0.25, -0.2) is 4.39 Å². The zero-order chi connectivity index (χ0) is 14.5. The van der Waals surface area contributed by atoms with Gasteiger partial charge in [0.25, 0.3) is 0 Å². The van der Waals surface area contributed by atoms with E-state index in [-0.39, 0.29) is 11.7 Å². The highest BCUT2D eigenvalue weighted by Gasteiger charge is 2.05. The van der Waals surface area contributed by atoms with Gasteiger partial charge in [-0.3, -0.25) is 0 Å². The lowest BCUT2D eigenvalue weighted by Gasteiger charge is -2.08. The lowest BCUT2D eigenvalue weighted by atomic mass is 10.1. The standard InChI is InChI=1S/C15H15FN2OS/c1-10-7-11(15(17)18-19)5-6-12(10)9-20-14-4-2-3-13(16)8-14/h2-8,19H,9H2,1H3,(H2,17,18). The summed E-state index contributed by atoms with van der Waals surface area (Å²) >= 11 is 1.57. The van der Waals surface area contributed by atoms with Crippen molar-refractivity contribution in [2.24, 2.45) is 10.9 Å². The minimum absolute atomic E-state index is 0.0948. The normalized spacial score (nSPS) is 11.6. The molecule has 0 aliphatic rings. The van der Waals surface area contributed by atoms with Crippen molar-refractivity contribution in [1.82, 2.24) is 0 Å². The number of benzene rings is 2. The lowest BCUT2D eigenvalue weighted by molar-refractivity contribution is 0.318. The summed E-state index contributed by atoms with van der Waals surface area (Å²) in [6.07, 6.45) is 0. The molecule has 0 radical (unpaired) electrons. The molecule has 0 unspecified atom stereocenters. The van der Waals surface area contributed by atoms with Gasteiger partial charge in [0, 0.05) is 16.2 Å². The van der Waals surface area contributed by atoms with Crippen LogP contribution in [0.25, 0.3) is 0 Å². The molecule has 0 atom stereocenters. The zero-order valence-corrected chi connectivity index (χ0v) is 11.8. The van der Waals surface area contributed by atoms with Crippen molar-refractivity contribution in [3.05, 3.63) is 65.0 Å². The Labute approximate surface area is 121 Å². The van der Waals surface area contributed by atoms with Gasteiger partial charge in [0.15, 0.2) is 5.84 Å². The van der Waals surface area contributed by atoms with E-state index in [0.717, 1.165) is 21.8 Å². The first-order chi connectivity index (χ1) is 9.60. The fourth-order valence-corrected chi connectivity index (χ4v) is 2.81. The molecule has 0 fully saturated rings. The molecule has 0 amide bonds. The number of aryl methyl sites for hydroxylation is 1. The molecule has 0 aliphatic carbocycles. The van der Waals surface area contributed by atoms with Crippen molar-refractivity contribution < 1.29 is 9.60 Å². The van der Waals surface area contributed by atoms with Crippen LogP contribution in [0.15, 0.2) is 52.5 Å². The van der Waals surface area contributed by atoms with Gasteiger partial charge >= 0.3 is 0 Å². The van der Waals surface area contributed by atoms with Crippen molar-refractivity contribution in [2.45, 2.75) is 17.6 Å². The third kappa shape index (κ3) is 3.51. The molecule has 3 nitrogen and oxygen atoms in total. The van der Waals surface area contributed by atoms with Crippen molar-refractivity contribution in [3.8, 4) is 0 Å². The van der Waals surface area contributed by atoms with Gasteiger partial charge in [-0.2, -0.15) is 0 Å². The summed E-state index contributed by atoms with van der Waals surface area (Å²) < 4.78 is 13.1. The molecule has 3 N–H and O–H groups in total. The molecular weight excluding hydrogens is 275 g/mol. The van der Waals surface area contributed by atoms with Crippen LogP contribution < -0.4 is 5.73 Å². The number of amidine groups is 1. The summed E-state index contributed by atoms with van der Waals surface area (Å²) in [5.74, 6) is 0.609. The number of halogens is 1. The lowest BCUT2D eigenvalue weighted by Crippen LogP contribution is -2.13. The van der Waals surface area contributed by atoms with Crippen molar-refractivity contribution in [2.75, 3.05) is 0 Å². The summed E-state index contributed by atoms with van der Waals surface area (Å²) in [5.41, 5.74) is 8.42. The van der Waals surface area contributed by atoms with E-state index in [0.29, 0.717) is 5.56 Å². The Morgan fingerprint density at radius 3 is 2.75 bits per heavy atom. The molecule has 2 aromatic carbocycles. The van der Waals surface area contributed by atoms with E-state index in [1.807, 2.05) is 31.2 Å². The van der Waals surface area contributed by atoms with Gasteiger partial charge in [0.2, 0.25) is 0 Å². The maximum absolute atomic E-state index is 13.1. The molecule has 0 saturated carbocycles.